The molecule has 0 saturated carbocycles. The molecular formula is C15H25NO2S. The summed E-state index contributed by atoms with van der Waals surface area (Å²) in [5.41, 5.74) is 1.59. The quantitative estimate of drug-likeness (QED) is 0.894. The van der Waals surface area contributed by atoms with Crippen molar-refractivity contribution in [3.05, 3.63) is 29.3 Å². The molecule has 0 radical (unpaired) electrons. The largest absolute Gasteiger partial charge is 0.507 e. The predicted octanol–water partition coefficient (Wildman–Crippen LogP) is 3.24. The second-order valence-corrected chi connectivity index (χ2v) is 8.82. The summed E-state index contributed by atoms with van der Waals surface area (Å²) in [6, 6.07) is 5.72. The van der Waals surface area contributed by atoms with E-state index < -0.39 is 11.0 Å². The zero-order chi connectivity index (χ0) is 14.8. The van der Waals surface area contributed by atoms with Gasteiger partial charge in [0.1, 0.15) is 5.75 Å². The fraction of sp³-hybridized carbons (Fsp3) is 0.600. The van der Waals surface area contributed by atoms with Gasteiger partial charge in [-0.05, 0) is 31.7 Å². The van der Waals surface area contributed by atoms with Gasteiger partial charge in [-0.25, -0.2) is 8.93 Å². The molecule has 0 amide bonds. The molecule has 3 nitrogen and oxygen atoms in total. The number of benzene rings is 1. The van der Waals surface area contributed by atoms with Crippen LogP contribution >= 0.6 is 0 Å². The van der Waals surface area contributed by atoms with Gasteiger partial charge in [-0.15, -0.1) is 0 Å². The average molecular weight is 283 g/mol. The molecule has 108 valence electrons. The van der Waals surface area contributed by atoms with E-state index in [0.717, 1.165) is 11.1 Å². The highest BCUT2D eigenvalue weighted by Crippen LogP contribution is 2.33. The minimum atomic E-state index is -1.13. The summed E-state index contributed by atoms with van der Waals surface area (Å²) < 4.78 is 14.6. The van der Waals surface area contributed by atoms with Gasteiger partial charge in [0.25, 0.3) is 0 Å². The molecule has 0 bridgehead atoms. The molecule has 0 unspecified atom stereocenters. The molecule has 1 atom stereocenters. The van der Waals surface area contributed by atoms with Gasteiger partial charge in [-0.3, -0.25) is 0 Å². The van der Waals surface area contributed by atoms with Crippen LogP contribution in [0.25, 0.3) is 0 Å². The van der Waals surface area contributed by atoms with E-state index in [9.17, 15) is 9.32 Å². The number of hydrogen-bond acceptors (Lipinski definition) is 2. The number of hydrogen-bond donors (Lipinski definition) is 2. The maximum atomic E-state index is 11.9. The number of phenolic OH excluding ortho intramolecular Hbond substituents is 1. The first-order valence-electron chi connectivity index (χ1n) is 6.50. The predicted molar refractivity (Wildman–Crippen MR) is 81.5 cm³/mol. The smallest absolute Gasteiger partial charge is 0.123 e. The Kier molecular flexibility index (Phi) is 4.80. The summed E-state index contributed by atoms with van der Waals surface area (Å²) in [6.45, 7) is 12.3. The van der Waals surface area contributed by atoms with Crippen molar-refractivity contribution in [2.24, 2.45) is 0 Å². The Bertz CT molecular complexity index is 470. The maximum Gasteiger partial charge on any atom is 0.123 e. The van der Waals surface area contributed by atoms with Crippen LogP contribution in [-0.2, 0) is 22.9 Å². The van der Waals surface area contributed by atoms with Gasteiger partial charge >= 0.3 is 0 Å². The number of rotatable bonds is 3. The highest BCUT2D eigenvalue weighted by molar-refractivity contribution is 7.84. The molecule has 0 saturated heterocycles. The SMILES string of the molecule is CC(C)(C)c1cccc(CN[S@@](=O)C(C)(C)C)c1O. The van der Waals surface area contributed by atoms with Crippen LogP contribution in [0.3, 0.4) is 0 Å². The molecule has 0 fully saturated rings. The zero-order valence-electron chi connectivity index (χ0n) is 12.7. The van der Waals surface area contributed by atoms with Crippen molar-refractivity contribution >= 4 is 11.0 Å². The Morgan fingerprint density at radius 3 is 2.21 bits per heavy atom. The molecule has 0 heterocycles. The van der Waals surface area contributed by atoms with Gasteiger partial charge in [-0.2, -0.15) is 0 Å². The van der Waals surface area contributed by atoms with Crippen LogP contribution in [0.1, 0.15) is 52.7 Å². The van der Waals surface area contributed by atoms with E-state index in [0.29, 0.717) is 12.3 Å². The number of nitrogens with one attached hydrogen (secondary N) is 1. The molecule has 0 aliphatic heterocycles. The van der Waals surface area contributed by atoms with Crippen LogP contribution in [0.4, 0.5) is 0 Å². The fourth-order valence-corrected chi connectivity index (χ4v) is 2.42. The molecule has 1 rings (SSSR count). The lowest BCUT2D eigenvalue weighted by Gasteiger charge is -2.23. The summed E-state index contributed by atoms with van der Waals surface area (Å²) >= 11 is 0. The van der Waals surface area contributed by atoms with Gasteiger partial charge in [0.2, 0.25) is 0 Å². The van der Waals surface area contributed by atoms with Gasteiger partial charge in [-0.1, -0.05) is 39.0 Å². The molecule has 2 N–H and O–H groups in total. The van der Waals surface area contributed by atoms with E-state index in [1.165, 1.54) is 0 Å². The summed E-state index contributed by atoms with van der Waals surface area (Å²) in [4.78, 5) is 0. The Balaban J connectivity index is 2.90. The zero-order valence-corrected chi connectivity index (χ0v) is 13.5. The first-order chi connectivity index (χ1) is 8.53. The molecule has 0 aliphatic carbocycles. The van der Waals surface area contributed by atoms with Crippen molar-refractivity contribution in [2.75, 3.05) is 0 Å². The van der Waals surface area contributed by atoms with E-state index in [4.69, 9.17) is 0 Å². The van der Waals surface area contributed by atoms with Crippen molar-refractivity contribution in [3.63, 3.8) is 0 Å². The van der Waals surface area contributed by atoms with Crippen molar-refractivity contribution in [1.29, 1.82) is 0 Å². The normalized spacial score (nSPS) is 14.4. The molecule has 0 spiro atoms. The van der Waals surface area contributed by atoms with Gasteiger partial charge < -0.3 is 5.11 Å². The fourth-order valence-electron chi connectivity index (χ4n) is 1.70. The van der Waals surface area contributed by atoms with Crippen molar-refractivity contribution in [2.45, 2.75) is 58.2 Å². The average Bonchev–Trinajstić information content (AvgIpc) is 2.24. The highest BCUT2D eigenvalue weighted by Gasteiger charge is 2.22. The number of aromatic hydroxyl groups is 1. The van der Waals surface area contributed by atoms with E-state index >= 15 is 0 Å². The third kappa shape index (κ3) is 4.32. The highest BCUT2D eigenvalue weighted by atomic mass is 32.2. The van der Waals surface area contributed by atoms with E-state index in [1.807, 2.05) is 39.0 Å². The second-order valence-electron chi connectivity index (χ2n) is 6.77. The standard InChI is InChI=1S/C15H25NO2S/c1-14(2,3)12-9-7-8-11(13(12)17)10-16-19(18)15(4,5)6/h7-9,16-17H,10H2,1-6H3/t19-/m0/s1. The van der Waals surface area contributed by atoms with Crippen LogP contribution < -0.4 is 4.72 Å². The second kappa shape index (κ2) is 5.63. The Morgan fingerprint density at radius 2 is 1.74 bits per heavy atom. The summed E-state index contributed by atoms with van der Waals surface area (Å²) in [6.07, 6.45) is 0. The van der Waals surface area contributed by atoms with E-state index in [2.05, 4.69) is 25.5 Å². The summed E-state index contributed by atoms with van der Waals surface area (Å²) in [5.74, 6) is 0.299. The molecular weight excluding hydrogens is 258 g/mol. The number of phenols is 1. The van der Waals surface area contributed by atoms with Crippen LogP contribution in [0.5, 0.6) is 5.75 Å². The van der Waals surface area contributed by atoms with Crippen LogP contribution in [0, 0.1) is 0 Å². The Morgan fingerprint density at radius 1 is 1.16 bits per heavy atom. The van der Waals surface area contributed by atoms with Crippen LogP contribution in [-0.4, -0.2) is 14.1 Å². The minimum absolute atomic E-state index is 0.108. The number of para-hydroxylation sites is 1. The lowest BCUT2D eigenvalue weighted by molar-refractivity contribution is 0.439. The van der Waals surface area contributed by atoms with E-state index in [1.54, 1.807) is 0 Å². The molecule has 0 aliphatic rings. The van der Waals surface area contributed by atoms with Gasteiger partial charge in [0, 0.05) is 12.1 Å². The van der Waals surface area contributed by atoms with Crippen molar-refractivity contribution in [1.82, 2.24) is 4.72 Å². The lowest BCUT2D eigenvalue weighted by Crippen LogP contribution is -2.33. The monoisotopic (exact) mass is 283 g/mol. The van der Waals surface area contributed by atoms with Crippen LogP contribution in [0.2, 0.25) is 0 Å². The Hall–Kier alpha value is -0.870. The third-order valence-corrected chi connectivity index (χ3v) is 4.40. The topological polar surface area (TPSA) is 49.3 Å². The third-order valence-electron chi connectivity index (χ3n) is 2.88. The lowest BCUT2D eigenvalue weighted by atomic mass is 9.85. The van der Waals surface area contributed by atoms with Gasteiger partial charge in [0.05, 0.1) is 15.7 Å². The Labute approximate surface area is 119 Å². The van der Waals surface area contributed by atoms with E-state index in [-0.39, 0.29) is 10.2 Å². The molecule has 1 aromatic rings. The van der Waals surface area contributed by atoms with Crippen molar-refractivity contribution in [3.8, 4) is 5.75 Å². The van der Waals surface area contributed by atoms with Gasteiger partial charge in [0.15, 0.2) is 0 Å². The van der Waals surface area contributed by atoms with Crippen LogP contribution in [0.15, 0.2) is 18.2 Å². The first-order valence-corrected chi connectivity index (χ1v) is 7.65. The first kappa shape index (κ1) is 16.2. The summed E-state index contributed by atoms with van der Waals surface area (Å²) in [5, 5.41) is 10.3. The maximum absolute atomic E-state index is 11.9. The summed E-state index contributed by atoms with van der Waals surface area (Å²) in [7, 11) is -1.13. The molecule has 1 aromatic carbocycles. The minimum Gasteiger partial charge on any atom is -0.507 e. The molecule has 4 heteroatoms. The van der Waals surface area contributed by atoms with Crippen molar-refractivity contribution < 1.29 is 9.32 Å². The molecule has 0 aromatic heterocycles. The molecule has 19 heavy (non-hydrogen) atoms.